The topological polar surface area (TPSA) is 25.2 Å². The van der Waals surface area contributed by atoms with Crippen molar-refractivity contribution in [1.82, 2.24) is 5.32 Å². The van der Waals surface area contributed by atoms with Gasteiger partial charge in [0.1, 0.15) is 11.5 Å². The van der Waals surface area contributed by atoms with Crippen LogP contribution >= 0.6 is 0 Å². The summed E-state index contributed by atoms with van der Waals surface area (Å²) >= 11 is 0. The standard InChI is InChI=1S/C14H23NO/c1-3-15-14(12-7-5-4-6-8-12)13-10-9-11(2)16-13/h9-10,12,14-15H,3-8H2,1-2H3. The van der Waals surface area contributed by atoms with Gasteiger partial charge in [0.05, 0.1) is 6.04 Å². The van der Waals surface area contributed by atoms with E-state index in [0.29, 0.717) is 6.04 Å². The minimum absolute atomic E-state index is 0.430. The smallest absolute Gasteiger partial charge is 0.121 e. The molecule has 2 rings (SSSR count). The van der Waals surface area contributed by atoms with Gasteiger partial charge in [-0.2, -0.15) is 0 Å². The lowest BCUT2D eigenvalue weighted by atomic mass is 9.83. The van der Waals surface area contributed by atoms with Gasteiger partial charge in [0.2, 0.25) is 0 Å². The van der Waals surface area contributed by atoms with Crippen LogP contribution in [-0.2, 0) is 0 Å². The predicted octanol–water partition coefficient (Wildman–Crippen LogP) is 3.82. The quantitative estimate of drug-likeness (QED) is 0.836. The fourth-order valence-electron chi connectivity index (χ4n) is 2.81. The fraction of sp³-hybridized carbons (Fsp3) is 0.714. The van der Waals surface area contributed by atoms with Crippen molar-refractivity contribution in [1.29, 1.82) is 0 Å². The summed E-state index contributed by atoms with van der Waals surface area (Å²) in [5.41, 5.74) is 0. The summed E-state index contributed by atoms with van der Waals surface area (Å²) in [5, 5.41) is 3.59. The SMILES string of the molecule is CCNC(c1ccc(C)o1)C1CCCCC1. The van der Waals surface area contributed by atoms with Crippen LogP contribution in [0.25, 0.3) is 0 Å². The van der Waals surface area contributed by atoms with Crippen molar-refractivity contribution < 1.29 is 4.42 Å². The Morgan fingerprint density at radius 2 is 2.06 bits per heavy atom. The highest BCUT2D eigenvalue weighted by molar-refractivity contribution is 5.11. The number of aryl methyl sites for hydroxylation is 1. The van der Waals surface area contributed by atoms with Gasteiger partial charge < -0.3 is 9.73 Å². The average molecular weight is 221 g/mol. The third kappa shape index (κ3) is 2.67. The molecule has 0 saturated heterocycles. The zero-order chi connectivity index (χ0) is 11.4. The summed E-state index contributed by atoms with van der Waals surface area (Å²) in [6, 6.07) is 4.64. The molecule has 0 aromatic carbocycles. The van der Waals surface area contributed by atoms with Crippen molar-refractivity contribution in [2.24, 2.45) is 5.92 Å². The largest absolute Gasteiger partial charge is 0.465 e. The van der Waals surface area contributed by atoms with Crippen molar-refractivity contribution in [2.45, 2.75) is 52.0 Å². The molecule has 1 saturated carbocycles. The molecule has 1 unspecified atom stereocenters. The zero-order valence-corrected chi connectivity index (χ0v) is 10.5. The first kappa shape index (κ1) is 11.7. The van der Waals surface area contributed by atoms with Crippen LogP contribution in [0.5, 0.6) is 0 Å². The lowest BCUT2D eigenvalue weighted by molar-refractivity contribution is 0.244. The average Bonchev–Trinajstić information content (AvgIpc) is 2.74. The molecule has 1 atom stereocenters. The number of nitrogens with one attached hydrogen (secondary N) is 1. The number of furan rings is 1. The Morgan fingerprint density at radius 1 is 1.31 bits per heavy atom. The zero-order valence-electron chi connectivity index (χ0n) is 10.5. The van der Waals surface area contributed by atoms with Gasteiger partial charge in [-0.05, 0) is 44.4 Å². The third-order valence-electron chi connectivity index (χ3n) is 3.61. The molecule has 1 heterocycles. The third-order valence-corrected chi connectivity index (χ3v) is 3.61. The van der Waals surface area contributed by atoms with Crippen LogP contribution in [0, 0.1) is 12.8 Å². The van der Waals surface area contributed by atoms with E-state index in [-0.39, 0.29) is 0 Å². The van der Waals surface area contributed by atoms with Crippen molar-refractivity contribution in [2.75, 3.05) is 6.54 Å². The van der Waals surface area contributed by atoms with Crippen LogP contribution in [0.1, 0.15) is 56.6 Å². The Hall–Kier alpha value is -0.760. The summed E-state index contributed by atoms with van der Waals surface area (Å²) in [5.74, 6) is 2.92. The Bertz CT molecular complexity index is 312. The Morgan fingerprint density at radius 3 is 2.62 bits per heavy atom. The van der Waals surface area contributed by atoms with Crippen LogP contribution in [0.15, 0.2) is 16.5 Å². The monoisotopic (exact) mass is 221 g/mol. The Balaban J connectivity index is 2.09. The maximum atomic E-state index is 5.79. The van der Waals surface area contributed by atoms with Gasteiger partial charge >= 0.3 is 0 Å². The molecule has 2 nitrogen and oxygen atoms in total. The normalized spacial score (nSPS) is 19.9. The molecule has 0 radical (unpaired) electrons. The highest BCUT2D eigenvalue weighted by Crippen LogP contribution is 2.34. The summed E-state index contributed by atoms with van der Waals surface area (Å²) in [6.45, 7) is 5.21. The molecule has 1 aliphatic carbocycles. The van der Waals surface area contributed by atoms with E-state index in [0.717, 1.165) is 24.0 Å². The van der Waals surface area contributed by atoms with E-state index >= 15 is 0 Å². The molecule has 0 bridgehead atoms. The molecule has 0 amide bonds. The minimum Gasteiger partial charge on any atom is -0.465 e. The highest BCUT2D eigenvalue weighted by atomic mass is 16.3. The molecule has 2 heteroatoms. The van der Waals surface area contributed by atoms with Gasteiger partial charge in [-0.1, -0.05) is 26.2 Å². The first-order chi connectivity index (χ1) is 7.81. The van der Waals surface area contributed by atoms with Gasteiger partial charge in [-0.25, -0.2) is 0 Å². The first-order valence-electron chi connectivity index (χ1n) is 6.61. The van der Waals surface area contributed by atoms with Gasteiger partial charge in [-0.15, -0.1) is 0 Å². The maximum absolute atomic E-state index is 5.79. The number of hydrogen-bond donors (Lipinski definition) is 1. The summed E-state index contributed by atoms with van der Waals surface area (Å²) < 4.78 is 5.79. The molecule has 1 fully saturated rings. The molecule has 1 aromatic rings. The Kier molecular flexibility index (Phi) is 4.05. The summed E-state index contributed by atoms with van der Waals surface area (Å²) in [7, 11) is 0. The maximum Gasteiger partial charge on any atom is 0.121 e. The minimum atomic E-state index is 0.430. The van der Waals surface area contributed by atoms with Crippen LogP contribution in [0.3, 0.4) is 0 Å². The van der Waals surface area contributed by atoms with Crippen LogP contribution in [0.4, 0.5) is 0 Å². The van der Waals surface area contributed by atoms with E-state index in [1.807, 2.05) is 6.92 Å². The lowest BCUT2D eigenvalue weighted by Gasteiger charge is -2.29. The van der Waals surface area contributed by atoms with E-state index in [9.17, 15) is 0 Å². The fourth-order valence-corrected chi connectivity index (χ4v) is 2.81. The van der Waals surface area contributed by atoms with Gasteiger partial charge in [0.15, 0.2) is 0 Å². The summed E-state index contributed by atoms with van der Waals surface area (Å²) in [4.78, 5) is 0. The summed E-state index contributed by atoms with van der Waals surface area (Å²) in [6.07, 6.45) is 6.86. The molecule has 0 aliphatic heterocycles. The lowest BCUT2D eigenvalue weighted by Crippen LogP contribution is -2.29. The van der Waals surface area contributed by atoms with Crippen molar-refractivity contribution in [3.05, 3.63) is 23.7 Å². The molecule has 0 spiro atoms. The second kappa shape index (κ2) is 5.53. The first-order valence-corrected chi connectivity index (χ1v) is 6.61. The van der Waals surface area contributed by atoms with E-state index in [1.54, 1.807) is 0 Å². The van der Waals surface area contributed by atoms with E-state index in [2.05, 4.69) is 24.4 Å². The van der Waals surface area contributed by atoms with Gasteiger partial charge in [0.25, 0.3) is 0 Å². The second-order valence-corrected chi connectivity index (χ2v) is 4.88. The highest BCUT2D eigenvalue weighted by Gasteiger charge is 2.26. The van der Waals surface area contributed by atoms with Crippen molar-refractivity contribution >= 4 is 0 Å². The van der Waals surface area contributed by atoms with E-state index in [4.69, 9.17) is 4.42 Å². The van der Waals surface area contributed by atoms with Crippen LogP contribution in [-0.4, -0.2) is 6.54 Å². The van der Waals surface area contributed by atoms with Crippen molar-refractivity contribution in [3.63, 3.8) is 0 Å². The van der Waals surface area contributed by atoms with E-state index < -0.39 is 0 Å². The van der Waals surface area contributed by atoms with Gasteiger partial charge in [-0.3, -0.25) is 0 Å². The number of hydrogen-bond acceptors (Lipinski definition) is 2. The molecule has 1 aromatic heterocycles. The van der Waals surface area contributed by atoms with Crippen molar-refractivity contribution in [3.8, 4) is 0 Å². The molecule has 1 N–H and O–H groups in total. The van der Waals surface area contributed by atoms with Crippen LogP contribution < -0.4 is 5.32 Å². The second-order valence-electron chi connectivity index (χ2n) is 4.88. The van der Waals surface area contributed by atoms with E-state index in [1.165, 1.54) is 32.1 Å². The molecule has 16 heavy (non-hydrogen) atoms. The molecular formula is C14H23NO. The van der Waals surface area contributed by atoms with Gasteiger partial charge in [0, 0.05) is 0 Å². The molecular weight excluding hydrogens is 198 g/mol. The van der Waals surface area contributed by atoms with Crippen LogP contribution in [0.2, 0.25) is 0 Å². The molecule has 90 valence electrons. The predicted molar refractivity (Wildman–Crippen MR) is 66.4 cm³/mol. The number of rotatable bonds is 4. The molecule has 1 aliphatic rings. The Labute approximate surface area is 98.4 Å².